The molecule has 0 aromatic heterocycles. The second-order valence-electron chi connectivity index (χ2n) is 9.92. The molecule has 1 aliphatic rings. The number of aliphatic hydroxyl groups is 1. The van der Waals surface area contributed by atoms with Crippen molar-refractivity contribution in [3.05, 3.63) is 64.2 Å². The number of hydrogen-bond donors (Lipinski definition) is 4. The minimum absolute atomic E-state index is 0.0238. The molecular formula is C28H33ClF3N3O5. The molecule has 40 heavy (non-hydrogen) atoms. The Morgan fingerprint density at radius 2 is 1.73 bits per heavy atom. The van der Waals surface area contributed by atoms with Crippen LogP contribution >= 0.6 is 11.6 Å². The number of carboxylic acid groups (broad SMARTS) is 1. The van der Waals surface area contributed by atoms with Crippen LogP contribution in [-0.2, 0) is 17.5 Å². The maximum absolute atomic E-state index is 13.4. The van der Waals surface area contributed by atoms with Crippen LogP contribution in [0.25, 0.3) is 0 Å². The number of rotatable bonds is 11. The molecule has 1 saturated carbocycles. The summed E-state index contributed by atoms with van der Waals surface area (Å²) >= 11 is 5.71. The lowest BCUT2D eigenvalue weighted by atomic mass is 9.84. The quantitative estimate of drug-likeness (QED) is 0.261. The zero-order valence-electron chi connectivity index (χ0n) is 21.8. The first-order chi connectivity index (χ1) is 19.0. The molecule has 1 aliphatic carbocycles. The van der Waals surface area contributed by atoms with E-state index in [4.69, 9.17) is 16.7 Å². The molecule has 1 fully saturated rings. The van der Waals surface area contributed by atoms with Gasteiger partial charge in [-0.15, -0.1) is 0 Å². The number of carbonyl (C=O) groups excluding carboxylic acids is 2. The number of carbonyl (C=O) groups is 3. The Labute approximate surface area is 235 Å². The van der Waals surface area contributed by atoms with Crippen molar-refractivity contribution in [2.45, 2.75) is 63.7 Å². The molecule has 0 bridgehead atoms. The van der Waals surface area contributed by atoms with E-state index in [0.29, 0.717) is 23.5 Å². The van der Waals surface area contributed by atoms with Crippen LogP contribution in [0.15, 0.2) is 42.5 Å². The maximum atomic E-state index is 13.4. The molecular weight excluding hydrogens is 551 g/mol. The van der Waals surface area contributed by atoms with E-state index in [9.17, 15) is 32.7 Å². The van der Waals surface area contributed by atoms with Gasteiger partial charge in [0, 0.05) is 24.3 Å². The standard InChI is InChI=1S/C28H33ClF3N3O5/c29-24-11-10-21(15-23(24)28(30,31)32)34-27(40)35(22(17-36)14-18-4-2-1-3-5-18)16-19-6-8-20(9-7-19)26(39)33-13-12-25(37)38/h6-11,15,18,22,36H,1-5,12-14,16-17H2,(H,33,39)(H,34,40)(H,37,38)/t22-/m1/s1. The van der Waals surface area contributed by atoms with Gasteiger partial charge in [-0.05, 0) is 48.2 Å². The van der Waals surface area contributed by atoms with Gasteiger partial charge in [0.25, 0.3) is 5.91 Å². The summed E-state index contributed by atoms with van der Waals surface area (Å²) in [6.45, 7) is -0.323. The molecule has 0 spiro atoms. The van der Waals surface area contributed by atoms with Gasteiger partial charge in [0.05, 0.1) is 29.7 Å². The van der Waals surface area contributed by atoms with Crippen molar-refractivity contribution in [3.8, 4) is 0 Å². The van der Waals surface area contributed by atoms with E-state index in [-0.39, 0.29) is 31.8 Å². The molecule has 2 aromatic carbocycles. The van der Waals surface area contributed by atoms with E-state index in [2.05, 4.69) is 10.6 Å². The molecule has 3 amide bonds. The molecule has 0 heterocycles. The van der Waals surface area contributed by atoms with Crippen molar-refractivity contribution in [1.29, 1.82) is 0 Å². The van der Waals surface area contributed by atoms with Crippen molar-refractivity contribution in [1.82, 2.24) is 10.2 Å². The summed E-state index contributed by atoms with van der Waals surface area (Å²) in [7, 11) is 0. The predicted octanol–water partition coefficient (Wildman–Crippen LogP) is 5.93. The number of amides is 3. The molecule has 0 unspecified atom stereocenters. The highest BCUT2D eigenvalue weighted by atomic mass is 35.5. The summed E-state index contributed by atoms with van der Waals surface area (Å²) < 4.78 is 40.1. The minimum Gasteiger partial charge on any atom is -0.481 e. The Kier molecular flexibility index (Phi) is 11.2. The molecule has 4 N–H and O–H groups in total. The number of aliphatic carboxylic acids is 1. The van der Waals surface area contributed by atoms with E-state index in [1.54, 1.807) is 12.1 Å². The van der Waals surface area contributed by atoms with Gasteiger partial charge < -0.3 is 25.7 Å². The molecule has 1 atom stereocenters. The summed E-state index contributed by atoms with van der Waals surface area (Å²) in [6, 6.07) is 8.17. The Morgan fingerprint density at radius 3 is 2.33 bits per heavy atom. The van der Waals surface area contributed by atoms with Crippen LogP contribution in [0.4, 0.5) is 23.7 Å². The Bertz CT molecular complexity index is 1170. The van der Waals surface area contributed by atoms with Gasteiger partial charge in [-0.1, -0.05) is 55.8 Å². The number of aliphatic hydroxyl groups excluding tert-OH is 1. The largest absolute Gasteiger partial charge is 0.481 e. The van der Waals surface area contributed by atoms with E-state index >= 15 is 0 Å². The first-order valence-electron chi connectivity index (χ1n) is 13.1. The van der Waals surface area contributed by atoms with Gasteiger partial charge in [0.15, 0.2) is 0 Å². The van der Waals surface area contributed by atoms with Gasteiger partial charge in [-0.3, -0.25) is 9.59 Å². The van der Waals surface area contributed by atoms with E-state index < -0.39 is 40.7 Å². The summed E-state index contributed by atoms with van der Waals surface area (Å²) in [5, 5.41) is 23.5. The third kappa shape index (κ3) is 9.12. The Hall–Kier alpha value is -3.31. The normalized spacial score (nSPS) is 14.8. The van der Waals surface area contributed by atoms with Crippen LogP contribution in [0.1, 0.15) is 66.4 Å². The number of halogens is 4. The van der Waals surface area contributed by atoms with Crippen molar-refractivity contribution in [3.63, 3.8) is 0 Å². The lowest BCUT2D eigenvalue weighted by molar-refractivity contribution is -0.138. The summed E-state index contributed by atoms with van der Waals surface area (Å²) in [4.78, 5) is 37.8. The average molecular weight is 584 g/mol. The van der Waals surface area contributed by atoms with Gasteiger partial charge >= 0.3 is 18.2 Å². The SMILES string of the molecule is O=C(O)CCNC(=O)c1ccc(CN(C(=O)Nc2ccc(Cl)c(C(F)(F)F)c2)[C@@H](CO)CC2CCCCC2)cc1. The van der Waals surface area contributed by atoms with Crippen LogP contribution in [-0.4, -0.2) is 52.2 Å². The molecule has 0 aliphatic heterocycles. The lowest BCUT2D eigenvalue weighted by Gasteiger charge is -2.34. The number of nitrogens with zero attached hydrogens (tertiary/aromatic N) is 1. The lowest BCUT2D eigenvalue weighted by Crippen LogP contribution is -2.45. The number of benzene rings is 2. The third-order valence-corrected chi connectivity index (χ3v) is 7.29. The van der Waals surface area contributed by atoms with Crippen molar-refractivity contribution >= 4 is 35.2 Å². The van der Waals surface area contributed by atoms with Gasteiger partial charge in [-0.25, -0.2) is 4.79 Å². The molecule has 0 saturated heterocycles. The molecule has 2 aromatic rings. The van der Waals surface area contributed by atoms with Crippen LogP contribution in [0.3, 0.4) is 0 Å². The van der Waals surface area contributed by atoms with Crippen LogP contribution < -0.4 is 10.6 Å². The highest BCUT2D eigenvalue weighted by Crippen LogP contribution is 2.36. The molecule has 0 radical (unpaired) electrons. The number of nitrogens with one attached hydrogen (secondary N) is 2. The Morgan fingerprint density at radius 1 is 1.05 bits per heavy atom. The summed E-state index contributed by atoms with van der Waals surface area (Å²) in [6.07, 6.45) is 0.851. The first-order valence-corrected chi connectivity index (χ1v) is 13.5. The number of hydrogen-bond acceptors (Lipinski definition) is 4. The fourth-order valence-corrected chi connectivity index (χ4v) is 5.06. The molecule has 8 nitrogen and oxygen atoms in total. The highest BCUT2D eigenvalue weighted by Gasteiger charge is 2.34. The smallest absolute Gasteiger partial charge is 0.417 e. The first kappa shape index (κ1) is 31.2. The Balaban J connectivity index is 1.80. The van der Waals surface area contributed by atoms with Crippen LogP contribution in [0, 0.1) is 5.92 Å². The van der Waals surface area contributed by atoms with Crippen molar-refractivity contribution in [2.75, 3.05) is 18.5 Å². The number of urea groups is 1. The number of anilines is 1. The topological polar surface area (TPSA) is 119 Å². The summed E-state index contributed by atoms with van der Waals surface area (Å²) in [5.74, 6) is -1.17. The van der Waals surface area contributed by atoms with Gasteiger partial charge in [0.1, 0.15) is 0 Å². The van der Waals surface area contributed by atoms with Crippen molar-refractivity contribution in [2.24, 2.45) is 5.92 Å². The summed E-state index contributed by atoms with van der Waals surface area (Å²) in [5.41, 5.74) is -0.232. The number of alkyl halides is 3. The second kappa shape index (κ2) is 14.4. The fourth-order valence-electron chi connectivity index (χ4n) is 4.83. The van der Waals surface area contributed by atoms with Crippen LogP contribution in [0.2, 0.25) is 5.02 Å². The minimum atomic E-state index is -4.70. The maximum Gasteiger partial charge on any atom is 0.417 e. The highest BCUT2D eigenvalue weighted by molar-refractivity contribution is 6.31. The monoisotopic (exact) mass is 583 g/mol. The zero-order chi connectivity index (χ0) is 29.3. The van der Waals surface area contributed by atoms with Gasteiger partial charge in [-0.2, -0.15) is 13.2 Å². The van der Waals surface area contributed by atoms with Gasteiger partial charge in [0.2, 0.25) is 0 Å². The average Bonchev–Trinajstić information content (AvgIpc) is 2.91. The van der Waals surface area contributed by atoms with E-state index in [1.165, 1.54) is 23.1 Å². The molecule has 12 heteroatoms. The number of carboxylic acids is 1. The second-order valence-corrected chi connectivity index (χ2v) is 10.3. The third-order valence-electron chi connectivity index (χ3n) is 6.96. The van der Waals surface area contributed by atoms with E-state index in [1.807, 2.05) is 0 Å². The molecule has 3 rings (SSSR count). The predicted molar refractivity (Wildman–Crippen MR) is 144 cm³/mol. The van der Waals surface area contributed by atoms with E-state index in [0.717, 1.165) is 44.2 Å². The molecule has 218 valence electrons. The van der Waals surface area contributed by atoms with Crippen LogP contribution in [0.5, 0.6) is 0 Å². The zero-order valence-corrected chi connectivity index (χ0v) is 22.6. The van der Waals surface area contributed by atoms with Crippen molar-refractivity contribution < 1.29 is 37.8 Å². The fraction of sp³-hybridized carbons (Fsp3) is 0.464.